The van der Waals surface area contributed by atoms with Crippen LogP contribution in [-0.4, -0.2) is 26.7 Å². The van der Waals surface area contributed by atoms with Crippen LogP contribution in [0.1, 0.15) is 44.6 Å². The van der Waals surface area contributed by atoms with E-state index in [1.165, 1.54) is 12.1 Å². The molecular formula is C22H27N3O3S. The molecule has 1 aliphatic heterocycles. The van der Waals surface area contributed by atoms with E-state index in [4.69, 9.17) is 0 Å². The van der Waals surface area contributed by atoms with Gasteiger partial charge in [0.1, 0.15) is 5.84 Å². The fourth-order valence-corrected chi connectivity index (χ4v) is 4.57. The lowest BCUT2D eigenvalue weighted by molar-refractivity contribution is -0.118. The molecule has 0 saturated carbocycles. The quantitative estimate of drug-likeness (QED) is 0.721. The number of rotatable bonds is 7. The molecule has 0 fully saturated rings. The maximum atomic E-state index is 13.1. The average Bonchev–Trinajstić information content (AvgIpc) is 3.21. The molecule has 3 rings (SSSR count). The van der Waals surface area contributed by atoms with Gasteiger partial charge >= 0.3 is 0 Å². The van der Waals surface area contributed by atoms with Crippen molar-refractivity contribution in [2.24, 2.45) is 10.9 Å². The molecule has 2 atom stereocenters. The van der Waals surface area contributed by atoms with Gasteiger partial charge in [-0.2, -0.15) is 0 Å². The van der Waals surface area contributed by atoms with Gasteiger partial charge in [-0.25, -0.2) is 8.42 Å². The SMILES string of the molecule is CCC(C)C(C(=O)Nc1cccc(S(=O)(=O)NC2=NCCC2)c1)c1ccccc1. The number of benzene rings is 2. The van der Waals surface area contributed by atoms with E-state index >= 15 is 0 Å². The summed E-state index contributed by atoms with van der Waals surface area (Å²) >= 11 is 0. The van der Waals surface area contributed by atoms with Gasteiger partial charge in [0.05, 0.1) is 10.8 Å². The highest BCUT2D eigenvalue weighted by Crippen LogP contribution is 2.29. The van der Waals surface area contributed by atoms with E-state index in [1.54, 1.807) is 12.1 Å². The van der Waals surface area contributed by atoms with Gasteiger partial charge < -0.3 is 5.32 Å². The van der Waals surface area contributed by atoms with E-state index in [0.717, 1.165) is 18.4 Å². The number of aliphatic imine (C=N–C) groups is 1. The number of carbonyl (C=O) groups excluding carboxylic acids is 1. The van der Waals surface area contributed by atoms with E-state index in [0.29, 0.717) is 24.5 Å². The number of anilines is 1. The molecule has 0 aliphatic carbocycles. The molecule has 2 aromatic carbocycles. The Labute approximate surface area is 172 Å². The Morgan fingerprint density at radius 1 is 1.14 bits per heavy atom. The molecule has 0 saturated heterocycles. The minimum absolute atomic E-state index is 0.102. The molecule has 2 N–H and O–H groups in total. The van der Waals surface area contributed by atoms with Gasteiger partial charge in [0.15, 0.2) is 0 Å². The molecule has 7 heteroatoms. The van der Waals surface area contributed by atoms with Crippen molar-refractivity contribution in [1.82, 2.24) is 4.72 Å². The highest BCUT2D eigenvalue weighted by atomic mass is 32.2. The van der Waals surface area contributed by atoms with Crippen LogP contribution in [0.5, 0.6) is 0 Å². The van der Waals surface area contributed by atoms with Crippen LogP contribution in [0.25, 0.3) is 0 Å². The zero-order valence-corrected chi connectivity index (χ0v) is 17.6. The topological polar surface area (TPSA) is 87.6 Å². The van der Waals surface area contributed by atoms with Crippen molar-refractivity contribution in [2.45, 2.75) is 43.9 Å². The second-order valence-electron chi connectivity index (χ2n) is 7.33. The first-order valence-electron chi connectivity index (χ1n) is 9.92. The summed E-state index contributed by atoms with van der Waals surface area (Å²) in [5.41, 5.74) is 1.40. The van der Waals surface area contributed by atoms with Gasteiger partial charge in [0.25, 0.3) is 10.0 Å². The number of carbonyl (C=O) groups is 1. The highest BCUT2D eigenvalue weighted by molar-refractivity contribution is 7.90. The second-order valence-corrected chi connectivity index (χ2v) is 9.01. The highest BCUT2D eigenvalue weighted by Gasteiger charge is 2.26. The fraction of sp³-hybridized carbons (Fsp3) is 0.364. The summed E-state index contributed by atoms with van der Waals surface area (Å²) in [7, 11) is -3.73. The zero-order chi connectivity index (χ0) is 20.9. The Morgan fingerprint density at radius 2 is 1.90 bits per heavy atom. The normalized spacial score (nSPS) is 16.0. The van der Waals surface area contributed by atoms with Crippen molar-refractivity contribution in [3.63, 3.8) is 0 Å². The first kappa shape index (κ1) is 21.0. The smallest absolute Gasteiger partial charge is 0.262 e. The third kappa shape index (κ3) is 5.23. The van der Waals surface area contributed by atoms with Crippen molar-refractivity contribution in [1.29, 1.82) is 0 Å². The molecule has 6 nitrogen and oxygen atoms in total. The average molecular weight is 414 g/mol. The van der Waals surface area contributed by atoms with Gasteiger partial charge in [-0.15, -0.1) is 0 Å². The first-order chi connectivity index (χ1) is 13.9. The van der Waals surface area contributed by atoms with Crippen LogP contribution < -0.4 is 10.0 Å². The Morgan fingerprint density at radius 3 is 2.55 bits per heavy atom. The predicted molar refractivity (Wildman–Crippen MR) is 116 cm³/mol. The standard InChI is InChI=1S/C22H27N3O3S/c1-3-16(2)21(17-9-5-4-6-10-17)22(26)24-18-11-7-12-19(15-18)29(27,28)25-20-13-8-14-23-20/h4-7,9-12,15-16,21H,3,8,13-14H2,1-2H3,(H,23,25)(H,24,26). The summed E-state index contributed by atoms with van der Waals surface area (Å²) in [5.74, 6) is 0.173. The summed E-state index contributed by atoms with van der Waals surface area (Å²) in [6.45, 7) is 4.74. The minimum Gasteiger partial charge on any atom is -0.326 e. The van der Waals surface area contributed by atoms with Crippen LogP contribution in [-0.2, 0) is 14.8 Å². The molecule has 0 aromatic heterocycles. The monoisotopic (exact) mass is 413 g/mol. The van der Waals surface area contributed by atoms with Crippen LogP contribution in [0, 0.1) is 5.92 Å². The van der Waals surface area contributed by atoms with Crippen LogP contribution in [0.15, 0.2) is 64.5 Å². The molecule has 0 radical (unpaired) electrons. The largest absolute Gasteiger partial charge is 0.326 e. The van der Waals surface area contributed by atoms with Crippen molar-refractivity contribution in [2.75, 3.05) is 11.9 Å². The Kier molecular flexibility index (Phi) is 6.69. The molecule has 2 aromatic rings. The Balaban J connectivity index is 1.80. The van der Waals surface area contributed by atoms with Crippen LogP contribution >= 0.6 is 0 Å². The lowest BCUT2D eigenvalue weighted by Crippen LogP contribution is -2.29. The van der Waals surface area contributed by atoms with E-state index in [-0.39, 0.29) is 22.6 Å². The predicted octanol–water partition coefficient (Wildman–Crippen LogP) is 3.93. The molecule has 1 heterocycles. The number of hydrogen-bond acceptors (Lipinski definition) is 4. The van der Waals surface area contributed by atoms with E-state index in [1.807, 2.05) is 37.3 Å². The Hall–Kier alpha value is -2.67. The van der Waals surface area contributed by atoms with Crippen molar-refractivity contribution in [3.05, 3.63) is 60.2 Å². The van der Waals surface area contributed by atoms with Crippen molar-refractivity contribution >= 4 is 27.5 Å². The summed E-state index contributed by atoms with van der Waals surface area (Å²) < 4.78 is 27.8. The first-order valence-corrected chi connectivity index (χ1v) is 11.4. The van der Waals surface area contributed by atoms with E-state index < -0.39 is 10.0 Å². The van der Waals surface area contributed by atoms with Crippen LogP contribution in [0.3, 0.4) is 0 Å². The van der Waals surface area contributed by atoms with Gasteiger partial charge in [-0.3, -0.25) is 14.5 Å². The van der Waals surface area contributed by atoms with Crippen molar-refractivity contribution < 1.29 is 13.2 Å². The number of amidine groups is 1. The molecule has 0 bridgehead atoms. The zero-order valence-electron chi connectivity index (χ0n) is 16.8. The molecular weight excluding hydrogens is 386 g/mol. The molecule has 0 spiro atoms. The summed E-state index contributed by atoms with van der Waals surface area (Å²) in [4.78, 5) is 17.3. The Bertz CT molecular complexity index is 987. The molecule has 29 heavy (non-hydrogen) atoms. The summed E-state index contributed by atoms with van der Waals surface area (Å²) in [5, 5.41) is 2.90. The molecule has 1 aliphatic rings. The summed E-state index contributed by atoms with van der Waals surface area (Å²) in [6.07, 6.45) is 2.33. The van der Waals surface area contributed by atoms with Gasteiger partial charge in [-0.05, 0) is 36.1 Å². The fourth-order valence-electron chi connectivity index (χ4n) is 3.43. The maximum absolute atomic E-state index is 13.1. The number of sulfonamides is 1. The summed E-state index contributed by atoms with van der Waals surface area (Å²) in [6, 6.07) is 16.0. The van der Waals surface area contributed by atoms with Gasteiger partial charge in [-0.1, -0.05) is 56.7 Å². The molecule has 1 amide bonds. The maximum Gasteiger partial charge on any atom is 0.262 e. The number of amides is 1. The number of hydrogen-bond donors (Lipinski definition) is 2. The van der Waals surface area contributed by atoms with Crippen LogP contribution in [0.4, 0.5) is 5.69 Å². The third-order valence-corrected chi connectivity index (χ3v) is 6.57. The van der Waals surface area contributed by atoms with Crippen molar-refractivity contribution in [3.8, 4) is 0 Å². The molecule has 154 valence electrons. The second kappa shape index (κ2) is 9.22. The lowest BCUT2D eigenvalue weighted by Gasteiger charge is -2.23. The number of nitrogens with zero attached hydrogens (tertiary/aromatic N) is 1. The minimum atomic E-state index is -3.73. The number of nitrogens with one attached hydrogen (secondary N) is 2. The van der Waals surface area contributed by atoms with E-state index in [9.17, 15) is 13.2 Å². The van der Waals surface area contributed by atoms with Gasteiger partial charge in [0, 0.05) is 18.7 Å². The van der Waals surface area contributed by atoms with Crippen LogP contribution in [0.2, 0.25) is 0 Å². The van der Waals surface area contributed by atoms with Gasteiger partial charge in [0.2, 0.25) is 5.91 Å². The lowest BCUT2D eigenvalue weighted by atomic mass is 9.85. The third-order valence-electron chi connectivity index (χ3n) is 5.19. The van der Waals surface area contributed by atoms with E-state index in [2.05, 4.69) is 22.0 Å². The molecule has 2 unspecified atom stereocenters.